The van der Waals surface area contributed by atoms with Crippen molar-refractivity contribution in [2.24, 2.45) is 17.8 Å². The quantitative estimate of drug-likeness (QED) is 0.264. The van der Waals surface area contributed by atoms with Crippen molar-refractivity contribution in [1.82, 2.24) is 14.8 Å². The number of hydrogen-bond donors (Lipinski definition) is 1. The Bertz CT molecular complexity index is 1260. The molecule has 1 aliphatic rings. The van der Waals surface area contributed by atoms with E-state index in [2.05, 4.69) is 67.4 Å². The number of sulfone groups is 1. The van der Waals surface area contributed by atoms with E-state index >= 15 is 0 Å². The molecule has 232 valence electrons. The Morgan fingerprint density at radius 1 is 1.07 bits per heavy atom. The lowest BCUT2D eigenvalue weighted by atomic mass is 9.76. The van der Waals surface area contributed by atoms with Crippen LogP contribution < -0.4 is 5.32 Å². The summed E-state index contributed by atoms with van der Waals surface area (Å²) in [7, 11) is 0.845. The molecule has 2 unspecified atom stereocenters. The van der Waals surface area contributed by atoms with Crippen LogP contribution in [-0.2, 0) is 25.0 Å². The monoisotopic (exact) mass is 598 g/mol. The summed E-state index contributed by atoms with van der Waals surface area (Å²) >= 11 is 0. The first kappa shape index (κ1) is 33.7. The Hall–Kier alpha value is -2.78. The van der Waals surface area contributed by atoms with E-state index in [9.17, 15) is 18.0 Å². The van der Waals surface area contributed by atoms with Crippen LogP contribution in [-0.4, -0.2) is 68.5 Å². The molecule has 1 saturated carbocycles. The fraction of sp³-hybridized carbons (Fsp3) is 0.606. The number of carbonyl (C=O) groups is 2. The standard InChI is InChI=1S/C33H50N4O4S/c1-7-19-33(36(4)5,28-15-9-8-10-16-28)20-12-21-37(32(39)26(3)25(2)22-27-13-11-14-27)24-31(38)35-30-18-17-29(23-34-30)42(6,40)41/h8-10,15-18,23,25-27H,7,11-14,19-22,24H2,1-6H3,(H,34,35,38)/t25?,26?,33-/m1/s1. The summed E-state index contributed by atoms with van der Waals surface area (Å²) in [6.45, 7) is 6.73. The van der Waals surface area contributed by atoms with Crippen molar-refractivity contribution in [3.05, 3.63) is 54.2 Å². The van der Waals surface area contributed by atoms with E-state index in [1.54, 1.807) is 4.90 Å². The molecule has 9 heteroatoms. The van der Waals surface area contributed by atoms with Gasteiger partial charge in [-0.1, -0.05) is 76.8 Å². The third-order valence-electron chi connectivity index (χ3n) is 9.10. The van der Waals surface area contributed by atoms with Gasteiger partial charge in [-0.2, -0.15) is 0 Å². The molecule has 0 radical (unpaired) electrons. The predicted octanol–water partition coefficient (Wildman–Crippen LogP) is 5.75. The molecule has 0 saturated heterocycles. The van der Waals surface area contributed by atoms with Gasteiger partial charge in [-0.3, -0.25) is 14.5 Å². The van der Waals surface area contributed by atoms with Crippen molar-refractivity contribution in [3.63, 3.8) is 0 Å². The van der Waals surface area contributed by atoms with Crippen LogP contribution in [0.4, 0.5) is 5.82 Å². The molecule has 8 nitrogen and oxygen atoms in total. The molecule has 1 fully saturated rings. The smallest absolute Gasteiger partial charge is 0.245 e. The summed E-state index contributed by atoms with van der Waals surface area (Å²) in [4.78, 5) is 35.2. The molecular weight excluding hydrogens is 548 g/mol. The second-order valence-corrected chi connectivity index (χ2v) is 14.4. The minimum atomic E-state index is -3.39. The van der Waals surface area contributed by atoms with E-state index in [-0.39, 0.29) is 46.4 Å². The van der Waals surface area contributed by atoms with Crippen LogP contribution in [0.15, 0.2) is 53.6 Å². The maximum atomic E-state index is 13.9. The largest absolute Gasteiger partial charge is 0.333 e. The molecule has 1 aromatic carbocycles. The highest BCUT2D eigenvalue weighted by Gasteiger charge is 2.34. The molecule has 3 rings (SSSR count). The molecule has 1 heterocycles. The van der Waals surface area contributed by atoms with Gasteiger partial charge in [0.2, 0.25) is 11.8 Å². The van der Waals surface area contributed by atoms with Crippen molar-refractivity contribution >= 4 is 27.5 Å². The number of anilines is 1. The average Bonchev–Trinajstić information content (AvgIpc) is 2.93. The second kappa shape index (κ2) is 15.1. The molecule has 2 amide bonds. The molecule has 0 aliphatic heterocycles. The number of benzene rings is 1. The van der Waals surface area contributed by atoms with Crippen molar-refractivity contribution in [2.75, 3.05) is 38.8 Å². The zero-order valence-corrected chi connectivity index (χ0v) is 27.1. The molecule has 0 bridgehead atoms. The number of amides is 2. The maximum Gasteiger partial charge on any atom is 0.245 e. The Morgan fingerprint density at radius 2 is 1.76 bits per heavy atom. The maximum absolute atomic E-state index is 13.9. The Morgan fingerprint density at radius 3 is 2.29 bits per heavy atom. The molecule has 1 aromatic heterocycles. The number of rotatable bonds is 16. The molecule has 0 spiro atoms. The summed E-state index contributed by atoms with van der Waals surface area (Å²) in [5.41, 5.74) is 1.10. The van der Waals surface area contributed by atoms with Crippen LogP contribution in [0.25, 0.3) is 0 Å². The highest BCUT2D eigenvalue weighted by atomic mass is 32.2. The normalized spacial score (nSPS) is 16.7. The first-order valence-electron chi connectivity index (χ1n) is 15.3. The zero-order chi connectivity index (χ0) is 30.9. The Balaban J connectivity index is 1.76. The van der Waals surface area contributed by atoms with Crippen LogP contribution in [0.1, 0.15) is 77.7 Å². The van der Waals surface area contributed by atoms with E-state index in [0.29, 0.717) is 12.5 Å². The molecule has 1 aliphatic carbocycles. The molecular formula is C33H50N4O4S. The number of pyridine rings is 1. The van der Waals surface area contributed by atoms with Crippen LogP contribution in [0.3, 0.4) is 0 Å². The lowest BCUT2D eigenvalue weighted by molar-refractivity contribution is -0.139. The summed E-state index contributed by atoms with van der Waals surface area (Å²) in [5, 5.41) is 2.75. The minimum absolute atomic E-state index is 0.00279. The molecule has 1 N–H and O–H groups in total. The lowest BCUT2D eigenvalue weighted by Gasteiger charge is -2.41. The Labute approximate surface area is 253 Å². The average molecular weight is 599 g/mol. The number of carbonyl (C=O) groups excluding carboxylic acids is 2. The van der Waals surface area contributed by atoms with E-state index < -0.39 is 9.84 Å². The number of nitrogens with zero attached hydrogens (tertiary/aromatic N) is 3. The first-order chi connectivity index (χ1) is 19.9. The third kappa shape index (κ3) is 8.86. The number of aromatic nitrogens is 1. The van der Waals surface area contributed by atoms with Gasteiger partial charge in [0, 0.05) is 30.5 Å². The van der Waals surface area contributed by atoms with Crippen molar-refractivity contribution in [2.45, 2.75) is 82.6 Å². The number of hydrogen-bond acceptors (Lipinski definition) is 6. The van der Waals surface area contributed by atoms with E-state index in [1.807, 2.05) is 13.0 Å². The van der Waals surface area contributed by atoms with Gasteiger partial charge in [0.25, 0.3) is 0 Å². The van der Waals surface area contributed by atoms with Crippen molar-refractivity contribution in [1.29, 1.82) is 0 Å². The third-order valence-corrected chi connectivity index (χ3v) is 10.2. The van der Waals surface area contributed by atoms with Gasteiger partial charge < -0.3 is 10.2 Å². The van der Waals surface area contributed by atoms with Crippen LogP contribution in [0, 0.1) is 17.8 Å². The van der Waals surface area contributed by atoms with Gasteiger partial charge in [-0.15, -0.1) is 0 Å². The SMILES string of the molecule is CCC[C@@](CCCN(CC(=O)Nc1ccc(S(C)(=O)=O)cn1)C(=O)C(C)C(C)CC1CCC1)(c1ccccc1)N(C)C. The van der Waals surface area contributed by atoms with Gasteiger partial charge in [0.15, 0.2) is 9.84 Å². The molecule has 42 heavy (non-hydrogen) atoms. The van der Waals surface area contributed by atoms with Gasteiger partial charge >= 0.3 is 0 Å². The summed E-state index contributed by atoms with van der Waals surface area (Å²) in [6.07, 6.45) is 10.8. The van der Waals surface area contributed by atoms with Crippen LogP contribution >= 0.6 is 0 Å². The van der Waals surface area contributed by atoms with Gasteiger partial charge in [-0.25, -0.2) is 13.4 Å². The number of nitrogens with one attached hydrogen (secondary N) is 1. The summed E-state index contributed by atoms with van der Waals surface area (Å²) in [6, 6.07) is 13.4. The summed E-state index contributed by atoms with van der Waals surface area (Å²) < 4.78 is 23.5. The minimum Gasteiger partial charge on any atom is -0.333 e. The molecule has 3 atom stereocenters. The van der Waals surface area contributed by atoms with Crippen molar-refractivity contribution in [3.8, 4) is 0 Å². The molecule has 2 aromatic rings. The van der Waals surface area contributed by atoms with Crippen LogP contribution in [0.5, 0.6) is 0 Å². The Kier molecular flexibility index (Phi) is 12.1. The second-order valence-electron chi connectivity index (χ2n) is 12.4. The fourth-order valence-corrected chi connectivity index (χ4v) is 6.69. The van der Waals surface area contributed by atoms with E-state index in [0.717, 1.165) is 38.4 Å². The van der Waals surface area contributed by atoms with E-state index in [1.165, 1.54) is 43.2 Å². The van der Waals surface area contributed by atoms with Gasteiger partial charge in [0.1, 0.15) is 5.82 Å². The van der Waals surface area contributed by atoms with Gasteiger partial charge in [0.05, 0.1) is 11.4 Å². The zero-order valence-electron chi connectivity index (χ0n) is 26.3. The fourth-order valence-electron chi connectivity index (χ4n) is 6.13. The van der Waals surface area contributed by atoms with E-state index in [4.69, 9.17) is 0 Å². The van der Waals surface area contributed by atoms with Crippen LogP contribution in [0.2, 0.25) is 0 Å². The summed E-state index contributed by atoms with van der Waals surface area (Å²) in [5.74, 6) is 0.663. The first-order valence-corrected chi connectivity index (χ1v) is 17.2. The predicted molar refractivity (Wildman–Crippen MR) is 169 cm³/mol. The highest BCUT2D eigenvalue weighted by Crippen LogP contribution is 2.37. The topological polar surface area (TPSA) is 99.7 Å². The van der Waals surface area contributed by atoms with Crippen molar-refractivity contribution < 1.29 is 18.0 Å². The highest BCUT2D eigenvalue weighted by molar-refractivity contribution is 7.90. The lowest BCUT2D eigenvalue weighted by Crippen LogP contribution is -2.45. The van der Waals surface area contributed by atoms with Gasteiger partial charge in [-0.05, 0) is 69.3 Å².